The van der Waals surface area contributed by atoms with E-state index in [1.165, 1.54) is 36.1 Å². The molecule has 2 rings (SSSR count). The molecule has 2 amide bonds. The number of phenolic OH excluding ortho intramolecular Hbond substituents is 2. The third-order valence-corrected chi connectivity index (χ3v) is 5.09. The summed E-state index contributed by atoms with van der Waals surface area (Å²) < 4.78 is 0.337. The molecule has 0 bridgehead atoms. The Balaban J connectivity index is 1.95. The first kappa shape index (κ1) is 20.7. The smallest absolute Gasteiger partial charge is 0.325 e. The minimum absolute atomic E-state index is 0.0620. The van der Waals surface area contributed by atoms with Crippen molar-refractivity contribution >= 4 is 52.2 Å². The number of hydrogen-bond acceptors (Lipinski definition) is 7. The Labute approximate surface area is 164 Å². The highest BCUT2D eigenvalue weighted by Gasteiger charge is 2.31. The van der Waals surface area contributed by atoms with Crippen LogP contribution in [0.25, 0.3) is 6.08 Å². The van der Waals surface area contributed by atoms with Crippen LogP contribution < -0.4 is 5.32 Å². The molecule has 144 valence electrons. The monoisotopic (exact) mass is 410 g/mol. The van der Waals surface area contributed by atoms with Gasteiger partial charge in [-0.25, -0.2) is 0 Å². The lowest BCUT2D eigenvalue weighted by Crippen LogP contribution is -2.38. The normalized spacial score (nSPS) is 16.6. The van der Waals surface area contributed by atoms with Gasteiger partial charge in [-0.1, -0.05) is 24.0 Å². The molecule has 1 heterocycles. The maximum atomic E-state index is 12.5. The van der Waals surface area contributed by atoms with Gasteiger partial charge in [0.15, 0.2) is 0 Å². The fraction of sp³-hybridized carbons (Fsp3) is 0.294. The second kappa shape index (κ2) is 8.87. The largest absolute Gasteiger partial charge is 0.508 e. The topological polar surface area (TPSA) is 127 Å². The summed E-state index contributed by atoms with van der Waals surface area (Å²) in [4.78, 5) is 36.6. The number of thioether (sulfide) groups is 1. The number of carboxylic acid groups (broad SMARTS) is 1. The van der Waals surface area contributed by atoms with Crippen molar-refractivity contribution in [2.45, 2.75) is 25.8 Å². The highest BCUT2D eigenvalue weighted by atomic mass is 32.2. The summed E-state index contributed by atoms with van der Waals surface area (Å²) in [6.07, 6.45) is 1.87. The fourth-order valence-corrected chi connectivity index (χ4v) is 3.56. The van der Waals surface area contributed by atoms with Gasteiger partial charge in [-0.15, -0.1) is 0 Å². The van der Waals surface area contributed by atoms with Crippen molar-refractivity contribution in [1.29, 1.82) is 0 Å². The number of thiocarbonyl (C=S) groups is 1. The second-order valence-electron chi connectivity index (χ2n) is 5.81. The van der Waals surface area contributed by atoms with Gasteiger partial charge in [0.05, 0.1) is 4.91 Å². The third kappa shape index (κ3) is 5.44. The molecular formula is C17H18N2O6S2. The van der Waals surface area contributed by atoms with Crippen molar-refractivity contribution in [3.05, 3.63) is 28.7 Å². The number of carboxylic acids is 1. The molecule has 1 aromatic carbocycles. The van der Waals surface area contributed by atoms with E-state index in [9.17, 15) is 24.6 Å². The Hall–Kier alpha value is -2.59. The molecule has 1 aromatic rings. The number of benzene rings is 1. The Kier molecular flexibility index (Phi) is 6.81. The van der Waals surface area contributed by atoms with Crippen molar-refractivity contribution in [2.75, 3.05) is 6.54 Å². The molecule has 0 spiro atoms. The SMILES string of the molecule is CC(NC(=O)CCCN1C(=O)/C(=C/c2ccc(O)cc2O)SC1=S)C(=O)O. The van der Waals surface area contributed by atoms with E-state index in [4.69, 9.17) is 17.3 Å². The Morgan fingerprint density at radius 1 is 1.37 bits per heavy atom. The van der Waals surface area contributed by atoms with Gasteiger partial charge < -0.3 is 20.6 Å². The molecular weight excluding hydrogens is 392 g/mol. The van der Waals surface area contributed by atoms with Crippen LogP contribution in [0.5, 0.6) is 11.5 Å². The van der Waals surface area contributed by atoms with Crippen LogP contribution in [0.1, 0.15) is 25.3 Å². The molecule has 1 fully saturated rings. The molecule has 0 radical (unpaired) electrons. The number of nitrogens with zero attached hydrogens (tertiary/aromatic N) is 1. The van der Waals surface area contributed by atoms with Crippen molar-refractivity contribution in [1.82, 2.24) is 10.2 Å². The maximum absolute atomic E-state index is 12.5. The number of phenols is 2. The van der Waals surface area contributed by atoms with E-state index in [0.717, 1.165) is 11.8 Å². The van der Waals surface area contributed by atoms with E-state index in [1.807, 2.05) is 0 Å². The zero-order chi connectivity index (χ0) is 20.1. The number of aliphatic carboxylic acids is 1. The molecule has 1 aliphatic heterocycles. The van der Waals surface area contributed by atoms with Crippen molar-refractivity contribution in [3.8, 4) is 11.5 Å². The molecule has 8 nitrogen and oxygen atoms in total. The number of carbonyl (C=O) groups excluding carboxylic acids is 2. The van der Waals surface area contributed by atoms with Crippen molar-refractivity contribution in [3.63, 3.8) is 0 Å². The molecule has 1 atom stereocenters. The number of hydrogen-bond donors (Lipinski definition) is 4. The number of rotatable bonds is 7. The summed E-state index contributed by atoms with van der Waals surface area (Å²) in [6.45, 7) is 1.59. The predicted octanol–water partition coefficient (Wildman–Crippen LogP) is 1.67. The predicted molar refractivity (Wildman–Crippen MR) is 104 cm³/mol. The van der Waals surface area contributed by atoms with E-state index in [2.05, 4.69) is 5.32 Å². The van der Waals surface area contributed by atoms with Gasteiger partial charge in [0, 0.05) is 24.6 Å². The minimum atomic E-state index is -1.12. The van der Waals surface area contributed by atoms with Gasteiger partial charge in [0.1, 0.15) is 21.9 Å². The van der Waals surface area contributed by atoms with Gasteiger partial charge in [-0.3, -0.25) is 19.3 Å². The molecule has 10 heteroatoms. The zero-order valence-electron chi connectivity index (χ0n) is 14.3. The summed E-state index contributed by atoms with van der Waals surface area (Å²) in [5.74, 6) is -2.13. The first-order chi connectivity index (χ1) is 12.7. The lowest BCUT2D eigenvalue weighted by atomic mass is 10.1. The average Bonchev–Trinajstić information content (AvgIpc) is 2.84. The maximum Gasteiger partial charge on any atom is 0.325 e. The molecule has 0 saturated carbocycles. The lowest BCUT2D eigenvalue weighted by Gasteiger charge is -2.14. The van der Waals surface area contributed by atoms with Gasteiger partial charge in [-0.05, 0) is 31.6 Å². The van der Waals surface area contributed by atoms with Gasteiger partial charge in [-0.2, -0.15) is 0 Å². The Morgan fingerprint density at radius 3 is 2.70 bits per heavy atom. The lowest BCUT2D eigenvalue weighted by molar-refractivity contribution is -0.141. The van der Waals surface area contributed by atoms with Gasteiger partial charge in [0.25, 0.3) is 5.91 Å². The Bertz CT molecular complexity index is 824. The first-order valence-corrected chi connectivity index (χ1v) is 9.21. The van der Waals surface area contributed by atoms with E-state index in [0.29, 0.717) is 21.2 Å². The van der Waals surface area contributed by atoms with E-state index >= 15 is 0 Å². The molecule has 1 saturated heterocycles. The van der Waals surface area contributed by atoms with Crippen molar-refractivity contribution in [2.24, 2.45) is 0 Å². The minimum Gasteiger partial charge on any atom is -0.508 e. The van der Waals surface area contributed by atoms with Crippen molar-refractivity contribution < 1.29 is 29.7 Å². The van der Waals surface area contributed by atoms with E-state index in [1.54, 1.807) is 0 Å². The zero-order valence-corrected chi connectivity index (χ0v) is 16.0. The van der Waals surface area contributed by atoms with E-state index < -0.39 is 17.9 Å². The van der Waals surface area contributed by atoms with Crippen LogP contribution in [0, 0.1) is 0 Å². The highest BCUT2D eigenvalue weighted by Crippen LogP contribution is 2.34. The summed E-state index contributed by atoms with van der Waals surface area (Å²) in [5.41, 5.74) is 0.371. The number of amides is 2. The van der Waals surface area contributed by atoms with Crippen LogP contribution in [0.2, 0.25) is 0 Å². The molecule has 4 N–H and O–H groups in total. The number of aromatic hydroxyl groups is 2. The van der Waals surface area contributed by atoms with Crippen LogP contribution in [-0.2, 0) is 14.4 Å². The van der Waals surface area contributed by atoms with E-state index in [-0.39, 0.29) is 30.4 Å². The van der Waals surface area contributed by atoms with Crippen LogP contribution in [-0.4, -0.2) is 54.9 Å². The molecule has 1 aliphatic rings. The fourth-order valence-electron chi connectivity index (χ4n) is 2.26. The second-order valence-corrected chi connectivity index (χ2v) is 7.48. The van der Waals surface area contributed by atoms with Crippen LogP contribution in [0.15, 0.2) is 23.1 Å². The standard InChI is InChI=1S/C17H18N2O6S2/c1-9(16(24)25)18-14(22)3-2-6-19-15(23)13(27-17(19)26)7-10-4-5-11(20)8-12(10)21/h4-5,7-9,20-21H,2-3,6H2,1H3,(H,18,22)(H,24,25)/b13-7-. The highest BCUT2D eigenvalue weighted by molar-refractivity contribution is 8.26. The Morgan fingerprint density at radius 2 is 2.07 bits per heavy atom. The quantitative estimate of drug-likeness (QED) is 0.395. The van der Waals surface area contributed by atoms with Crippen LogP contribution in [0.3, 0.4) is 0 Å². The van der Waals surface area contributed by atoms with Gasteiger partial charge in [0.2, 0.25) is 5.91 Å². The number of nitrogens with one attached hydrogen (secondary N) is 1. The molecule has 0 aromatic heterocycles. The number of carbonyl (C=O) groups is 3. The summed E-state index contributed by atoms with van der Waals surface area (Å²) >= 11 is 6.27. The summed E-state index contributed by atoms with van der Waals surface area (Å²) in [5, 5.41) is 30.2. The third-order valence-electron chi connectivity index (χ3n) is 3.71. The molecule has 0 aliphatic carbocycles. The van der Waals surface area contributed by atoms with Crippen LogP contribution >= 0.6 is 24.0 Å². The molecule has 27 heavy (non-hydrogen) atoms. The van der Waals surface area contributed by atoms with Crippen LogP contribution in [0.4, 0.5) is 0 Å². The summed E-state index contributed by atoms with van der Waals surface area (Å²) in [6, 6.07) is 3.06. The summed E-state index contributed by atoms with van der Waals surface area (Å²) in [7, 11) is 0. The van der Waals surface area contributed by atoms with Gasteiger partial charge >= 0.3 is 5.97 Å². The first-order valence-electron chi connectivity index (χ1n) is 7.98. The average molecular weight is 410 g/mol. The molecule has 1 unspecified atom stereocenters.